The Balaban J connectivity index is 2.35. The second kappa shape index (κ2) is 7.39. The van der Waals surface area contributed by atoms with Crippen molar-refractivity contribution in [3.63, 3.8) is 0 Å². The largest absolute Gasteiger partial charge is 0.388 e. The minimum absolute atomic E-state index is 0.0992. The first-order valence-electron chi connectivity index (χ1n) is 7.08. The van der Waals surface area contributed by atoms with Gasteiger partial charge in [0, 0.05) is 13.0 Å². The van der Waals surface area contributed by atoms with Crippen LogP contribution in [0.25, 0.3) is 0 Å². The summed E-state index contributed by atoms with van der Waals surface area (Å²) in [7, 11) is 0. The van der Waals surface area contributed by atoms with Crippen LogP contribution in [0.5, 0.6) is 0 Å². The molecular weight excluding hydrogens is 257 g/mol. The van der Waals surface area contributed by atoms with Crippen LogP contribution in [0.4, 0.5) is 4.39 Å². The van der Waals surface area contributed by atoms with Gasteiger partial charge in [0.15, 0.2) is 0 Å². The fourth-order valence-corrected chi connectivity index (χ4v) is 1.89. The number of aryl methyl sites for hydroxylation is 1. The summed E-state index contributed by atoms with van der Waals surface area (Å²) < 4.78 is 12.7. The van der Waals surface area contributed by atoms with Gasteiger partial charge >= 0.3 is 0 Å². The number of aliphatic hydroxyl groups is 1. The molecular formula is C16H24FNO2. The monoisotopic (exact) mass is 281 g/mol. The summed E-state index contributed by atoms with van der Waals surface area (Å²) in [4.78, 5) is 11.7. The zero-order valence-electron chi connectivity index (χ0n) is 12.4. The van der Waals surface area contributed by atoms with Crippen LogP contribution >= 0.6 is 0 Å². The molecule has 1 rings (SSSR count). The predicted molar refractivity (Wildman–Crippen MR) is 77.8 cm³/mol. The molecule has 0 aliphatic carbocycles. The van der Waals surface area contributed by atoms with Crippen LogP contribution in [0.3, 0.4) is 0 Å². The number of hydrogen-bond acceptors (Lipinski definition) is 2. The number of nitrogens with one attached hydrogen (secondary N) is 1. The van der Waals surface area contributed by atoms with Gasteiger partial charge in [0.25, 0.3) is 0 Å². The van der Waals surface area contributed by atoms with Crippen molar-refractivity contribution in [1.29, 1.82) is 0 Å². The molecule has 2 unspecified atom stereocenters. The smallest absolute Gasteiger partial charge is 0.220 e. The van der Waals surface area contributed by atoms with Gasteiger partial charge in [0.05, 0.1) is 5.60 Å². The van der Waals surface area contributed by atoms with E-state index in [4.69, 9.17) is 0 Å². The SMILES string of the molecule is CCC(C)C(C)(O)CNC(=O)CCc1ccc(F)cc1. The maximum atomic E-state index is 12.7. The second-order valence-electron chi connectivity index (χ2n) is 5.57. The van der Waals surface area contributed by atoms with Crippen LogP contribution in [0.15, 0.2) is 24.3 Å². The van der Waals surface area contributed by atoms with E-state index in [9.17, 15) is 14.3 Å². The number of rotatable bonds is 7. The van der Waals surface area contributed by atoms with Crippen molar-refractivity contribution in [2.24, 2.45) is 5.92 Å². The second-order valence-corrected chi connectivity index (χ2v) is 5.57. The average molecular weight is 281 g/mol. The molecule has 0 aliphatic rings. The Morgan fingerprint density at radius 3 is 2.55 bits per heavy atom. The van der Waals surface area contributed by atoms with Crippen LogP contribution in [-0.2, 0) is 11.2 Å². The highest BCUT2D eigenvalue weighted by atomic mass is 19.1. The molecule has 3 nitrogen and oxygen atoms in total. The molecule has 112 valence electrons. The van der Waals surface area contributed by atoms with E-state index < -0.39 is 5.60 Å². The van der Waals surface area contributed by atoms with Gasteiger partial charge in [-0.05, 0) is 37.0 Å². The highest BCUT2D eigenvalue weighted by Gasteiger charge is 2.27. The van der Waals surface area contributed by atoms with E-state index in [1.54, 1.807) is 19.1 Å². The number of halogens is 1. The van der Waals surface area contributed by atoms with Crippen LogP contribution in [0.2, 0.25) is 0 Å². The minimum Gasteiger partial charge on any atom is -0.388 e. The first-order valence-corrected chi connectivity index (χ1v) is 7.08. The van der Waals surface area contributed by atoms with E-state index >= 15 is 0 Å². The van der Waals surface area contributed by atoms with E-state index in [-0.39, 0.29) is 24.2 Å². The van der Waals surface area contributed by atoms with E-state index in [2.05, 4.69) is 5.32 Å². The van der Waals surface area contributed by atoms with Gasteiger partial charge in [-0.1, -0.05) is 32.4 Å². The fraction of sp³-hybridized carbons (Fsp3) is 0.562. The lowest BCUT2D eigenvalue weighted by Crippen LogP contribution is -2.45. The molecule has 1 amide bonds. The Labute approximate surface area is 120 Å². The van der Waals surface area contributed by atoms with E-state index in [1.807, 2.05) is 13.8 Å². The van der Waals surface area contributed by atoms with E-state index in [1.165, 1.54) is 12.1 Å². The zero-order valence-corrected chi connectivity index (χ0v) is 12.4. The highest BCUT2D eigenvalue weighted by molar-refractivity contribution is 5.76. The molecule has 0 bridgehead atoms. The molecule has 0 saturated carbocycles. The lowest BCUT2D eigenvalue weighted by atomic mass is 9.88. The minimum atomic E-state index is -0.889. The first-order chi connectivity index (χ1) is 9.35. The van der Waals surface area contributed by atoms with Crippen LogP contribution in [0.1, 0.15) is 39.2 Å². The molecule has 0 saturated heterocycles. The summed E-state index contributed by atoms with van der Waals surface area (Å²) in [5, 5.41) is 12.9. The number of benzene rings is 1. The summed E-state index contributed by atoms with van der Waals surface area (Å²) in [5.41, 5.74) is 0.0375. The normalized spacial score (nSPS) is 15.4. The summed E-state index contributed by atoms with van der Waals surface area (Å²) >= 11 is 0. The molecule has 0 radical (unpaired) electrons. The summed E-state index contributed by atoms with van der Waals surface area (Å²) in [6.45, 7) is 5.96. The third-order valence-electron chi connectivity index (χ3n) is 3.87. The number of carbonyl (C=O) groups is 1. The first kappa shape index (κ1) is 16.6. The molecule has 2 N–H and O–H groups in total. The summed E-state index contributed by atoms with van der Waals surface area (Å²) in [5.74, 6) is -0.249. The van der Waals surface area contributed by atoms with E-state index in [0.717, 1.165) is 12.0 Å². The van der Waals surface area contributed by atoms with Gasteiger partial charge in [-0.3, -0.25) is 4.79 Å². The topological polar surface area (TPSA) is 49.3 Å². The summed E-state index contributed by atoms with van der Waals surface area (Å²) in [6.07, 6.45) is 1.76. The molecule has 1 aromatic rings. The molecule has 0 fully saturated rings. The van der Waals surface area contributed by atoms with Gasteiger partial charge in [-0.15, -0.1) is 0 Å². The third kappa shape index (κ3) is 5.29. The summed E-state index contributed by atoms with van der Waals surface area (Å²) in [6, 6.07) is 6.14. The molecule has 0 aliphatic heterocycles. The number of carbonyl (C=O) groups excluding carboxylic acids is 1. The van der Waals surface area contributed by atoms with Crippen molar-refractivity contribution in [2.45, 2.75) is 45.6 Å². The van der Waals surface area contributed by atoms with Crippen LogP contribution in [-0.4, -0.2) is 23.2 Å². The predicted octanol–water partition coefficient (Wildman–Crippen LogP) is 2.67. The van der Waals surface area contributed by atoms with Gasteiger partial charge in [-0.25, -0.2) is 4.39 Å². The lowest BCUT2D eigenvalue weighted by molar-refractivity contribution is -0.122. The highest BCUT2D eigenvalue weighted by Crippen LogP contribution is 2.18. The molecule has 20 heavy (non-hydrogen) atoms. The Hall–Kier alpha value is -1.42. The Bertz CT molecular complexity index is 429. The van der Waals surface area contributed by atoms with Crippen LogP contribution < -0.4 is 5.32 Å². The fourth-order valence-electron chi connectivity index (χ4n) is 1.89. The van der Waals surface area contributed by atoms with Gasteiger partial charge in [0.2, 0.25) is 5.91 Å². The molecule has 0 spiro atoms. The van der Waals surface area contributed by atoms with Gasteiger partial charge < -0.3 is 10.4 Å². The lowest BCUT2D eigenvalue weighted by Gasteiger charge is -2.29. The van der Waals surface area contributed by atoms with Crippen molar-refractivity contribution in [1.82, 2.24) is 5.32 Å². The molecule has 0 aromatic heterocycles. The molecule has 4 heteroatoms. The van der Waals surface area contributed by atoms with Crippen LogP contribution in [0, 0.1) is 11.7 Å². The van der Waals surface area contributed by atoms with Gasteiger partial charge in [0.1, 0.15) is 5.82 Å². The van der Waals surface area contributed by atoms with E-state index in [0.29, 0.717) is 12.8 Å². The average Bonchev–Trinajstić information content (AvgIpc) is 2.43. The molecule has 2 atom stereocenters. The maximum absolute atomic E-state index is 12.7. The molecule has 0 heterocycles. The van der Waals surface area contributed by atoms with Crippen molar-refractivity contribution in [3.05, 3.63) is 35.6 Å². The number of hydrogen-bond donors (Lipinski definition) is 2. The third-order valence-corrected chi connectivity index (χ3v) is 3.87. The Morgan fingerprint density at radius 1 is 1.40 bits per heavy atom. The zero-order chi connectivity index (χ0) is 15.2. The van der Waals surface area contributed by atoms with Crippen molar-refractivity contribution >= 4 is 5.91 Å². The van der Waals surface area contributed by atoms with Crippen molar-refractivity contribution < 1.29 is 14.3 Å². The standard InChI is InChI=1S/C16H24FNO2/c1-4-12(2)16(3,20)11-18-15(19)10-7-13-5-8-14(17)9-6-13/h5-6,8-9,12,20H,4,7,10-11H2,1-3H3,(H,18,19). The molecule has 1 aromatic carbocycles. The Morgan fingerprint density at radius 2 is 2.00 bits per heavy atom. The van der Waals surface area contributed by atoms with Crippen molar-refractivity contribution in [3.8, 4) is 0 Å². The maximum Gasteiger partial charge on any atom is 0.220 e. The van der Waals surface area contributed by atoms with Crippen molar-refractivity contribution in [2.75, 3.05) is 6.54 Å². The quantitative estimate of drug-likeness (QED) is 0.807. The number of amides is 1. The van der Waals surface area contributed by atoms with Gasteiger partial charge in [-0.2, -0.15) is 0 Å². The Kier molecular flexibility index (Phi) is 6.14.